The molecule has 0 aliphatic carbocycles. The summed E-state index contributed by atoms with van der Waals surface area (Å²) in [5, 5.41) is 2.69. The minimum atomic E-state index is -0.346. The predicted octanol–water partition coefficient (Wildman–Crippen LogP) is 2.95. The molecule has 0 aliphatic rings. The Morgan fingerprint density at radius 2 is 1.95 bits per heavy atom. The van der Waals surface area contributed by atoms with Gasteiger partial charge >= 0.3 is 0 Å². The van der Waals surface area contributed by atoms with Crippen molar-refractivity contribution in [1.29, 1.82) is 0 Å². The molecule has 0 radical (unpaired) electrons. The number of ether oxygens (including phenoxy) is 1. The lowest BCUT2D eigenvalue weighted by Crippen LogP contribution is -2.22. The molecule has 5 heteroatoms. The molecule has 2 aromatic rings. The van der Waals surface area contributed by atoms with Crippen LogP contribution in [0.4, 0.5) is 10.1 Å². The van der Waals surface area contributed by atoms with Crippen LogP contribution >= 0.6 is 0 Å². The number of nitrogen functional groups attached to an aromatic ring is 1. The Morgan fingerprint density at radius 3 is 2.60 bits per heavy atom. The van der Waals surface area contributed by atoms with Gasteiger partial charge in [0.1, 0.15) is 11.6 Å². The Kier molecular flexibility index (Phi) is 4.20. The maximum Gasteiger partial charge on any atom is 0.251 e. The van der Waals surface area contributed by atoms with Crippen LogP contribution in [0.5, 0.6) is 11.5 Å². The van der Waals surface area contributed by atoms with Crippen molar-refractivity contribution < 1.29 is 13.9 Å². The molecule has 0 spiro atoms. The van der Waals surface area contributed by atoms with Crippen LogP contribution in [0.15, 0.2) is 42.5 Å². The molecule has 0 atom stereocenters. The van der Waals surface area contributed by atoms with E-state index in [9.17, 15) is 9.18 Å². The largest absolute Gasteiger partial charge is 0.455 e. The van der Waals surface area contributed by atoms with E-state index in [-0.39, 0.29) is 11.7 Å². The standard InChI is InChI=1S/C15H15FN2O2/c1-2-18-15(19)10-3-8-13(17)14(9-10)20-12-6-4-11(16)5-7-12/h3-9H,2,17H2,1H3,(H,18,19). The quantitative estimate of drug-likeness (QED) is 0.842. The van der Waals surface area contributed by atoms with E-state index in [2.05, 4.69) is 5.32 Å². The number of anilines is 1. The number of rotatable bonds is 4. The maximum atomic E-state index is 12.8. The molecule has 4 nitrogen and oxygen atoms in total. The van der Waals surface area contributed by atoms with Crippen LogP contribution in [0, 0.1) is 5.82 Å². The van der Waals surface area contributed by atoms with Gasteiger partial charge in [0.05, 0.1) is 5.69 Å². The Morgan fingerprint density at radius 1 is 1.25 bits per heavy atom. The summed E-state index contributed by atoms with van der Waals surface area (Å²) in [5.41, 5.74) is 6.67. The molecule has 20 heavy (non-hydrogen) atoms. The summed E-state index contributed by atoms with van der Waals surface area (Å²) in [6.45, 7) is 2.38. The second-order valence-electron chi connectivity index (χ2n) is 4.17. The molecule has 0 aliphatic heterocycles. The molecular weight excluding hydrogens is 259 g/mol. The highest BCUT2D eigenvalue weighted by Crippen LogP contribution is 2.28. The molecule has 0 heterocycles. The number of amides is 1. The second kappa shape index (κ2) is 6.06. The first-order valence-corrected chi connectivity index (χ1v) is 6.21. The number of carbonyl (C=O) groups is 1. The van der Waals surface area contributed by atoms with Gasteiger partial charge in [0, 0.05) is 12.1 Å². The maximum absolute atomic E-state index is 12.8. The van der Waals surface area contributed by atoms with Crippen molar-refractivity contribution in [2.24, 2.45) is 0 Å². The molecule has 0 saturated heterocycles. The van der Waals surface area contributed by atoms with E-state index in [1.165, 1.54) is 24.3 Å². The zero-order chi connectivity index (χ0) is 14.5. The van der Waals surface area contributed by atoms with Gasteiger partial charge in [-0.1, -0.05) is 0 Å². The van der Waals surface area contributed by atoms with Crippen LogP contribution in [-0.2, 0) is 0 Å². The molecule has 1 amide bonds. The fraction of sp³-hybridized carbons (Fsp3) is 0.133. The molecule has 2 rings (SSSR count). The van der Waals surface area contributed by atoms with Crippen molar-refractivity contribution in [2.75, 3.05) is 12.3 Å². The lowest BCUT2D eigenvalue weighted by atomic mass is 10.1. The molecule has 3 N–H and O–H groups in total. The monoisotopic (exact) mass is 274 g/mol. The van der Waals surface area contributed by atoms with E-state index in [4.69, 9.17) is 10.5 Å². The fourth-order valence-electron chi connectivity index (χ4n) is 1.66. The molecule has 0 bridgehead atoms. The molecule has 0 fully saturated rings. The van der Waals surface area contributed by atoms with Crippen molar-refractivity contribution in [1.82, 2.24) is 5.32 Å². The van der Waals surface area contributed by atoms with Crippen LogP contribution < -0.4 is 15.8 Å². The van der Waals surface area contributed by atoms with E-state index >= 15 is 0 Å². The molecule has 0 unspecified atom stereocenters. The van der Waals surface area contributed by atoms with Crippen LogP contribution in [-0.4, -0.2) is 12.5 Å². The van der Waals surface area contributed by atoms with Gasteiger partial charge in [-0.2, -0.15) is 0 Å². The minimum absolute atomic E-state index is 0.198. The highest BCUT2D eigenvalue weighted by Gasteiger charge is 2.09. The van der Waals surface area contributed by atoms with Gasteiger partial charge in [0.2, 0.25) is 0 Å². The summed E-state index contributed by atoms with van der Waals surface area (Å²) in [5.74, 6) is 0.268. The molecular formula is C15H15FN2O2. The number of benzene rings is 2. The van der Waals surface area contributed by atoms with Gasteiger partial charge < -0.3 is 15.8 Å². The van der Waals surface area contributed by atoms with Crippen molar-refractivity contribution in [3.8, 4) is 11.5 Å². The van der Waals surface area contributed by atoms with Crippen LogP contribution in [0.3, 0.4) is 0 Å². The Balaban J connectivity index is 2.24. The Hall–Kier alpha value is -2.56. The van der Waals surface area contributed by atoms with Gasteiger partial charge in [-0.05, 0) is 49.4 Å². The Labute approximate surface area is 116 Å². The van der Waals surface area contributed by atoms with Gasteiger partial charge in [0.25, 0.3) is 5.91 Å². The number of nitrogens with one attached hydrogen (secondary N) is 1. The number of hydrogen-bond donors (Lipinski definition) is 2. The number of nitrogens with two attached hydrogens (primary N) is 1. The first-order valence-electron chi connectivity index (χ1n) is 6.21. The van der Waals surface area contributed by atoms with Crippen LogP contribution in [0.2, 0.25) is 0 Å². The topological polar surface area (TPSA) is 64.4 Å². The number of carbonyl (C=O) groups excluding carboxylic acids is 1. The lowest BCUT2D eigenvalue weighted by molar-refractivity contribution is 0.0955. The van der Waals surface area contributed by atoms with E-state index in [1.54, 1.807) is 18.2 Å². The minimum Gasteiger partial charge on any atom is -0.455 e. The summed E-state index contributed by atoms with van der Waals surface area (Å²) < 4.78 is 18.4. The molecule has 0 saturated carbocycles. The summed E-state index contributed by atoms with van der Waals surface area (Å²) in [7, 11) is 0. The second-order valence-corrected chi connectivity index (χ2v) is 4.17. The lowest BCUT2D eigenvalue weighted by Gasteiger charge is -2.10. The third-order valence-electron chi connectivity index (χ3n) is 2.65. The predicted molar refractivity (Wildman–Crippen MR) is 75.3 cm³/mol. The summed E-state index contributed by atoms with van der Waals surface area (Å²) >= 11 is 0. The van der Waals surface area contributed by atoms with E-state index < -0.39 is 0 Å². The molecule has 2 aromatic carbocycles. The van der Waals surface area contributed by atoms with E-state index in [1.807, 2.05) is 6.92 Å². The highest BCUT2D eigenvalue weighted by molar-refractivity contribution is 5.95. The van der Waals surface area contributed by atoms with E-state index in [0.29, 0.717) is 29.3 Å². The SMILES string of the molecule is CCNC(=O)c1ccc(N)c(Oc2ccc(F)cc2)c1. The average Bonchev–Trinajstić information content (AvgIpc) is 2.44. The summed E-state index contributed by atoms with van der Waals surface area (Å²) in [6, 6.07) is 10.4. The van der Waals surface area contributed by atoms with Crippen molar-refractivity contribution in [3.05, 3.63) is 53.8 Å². The number of hydrogen-bond acceptors (Lipinski definition) is 3. The van der Waals surface area contributed by atoms with E-state index in [0.717, 1.165) is 0 Å². The molecule has 104 valence electrons. The third-order valence-corrected chi connectivity index (χ3v) is 2.65. The first kappa shape index (κ1) is 13.9. The first-order chi connectivity index (χ1) is 9.60. The number of halogens is 1. The van der Waals surface area contributed by atoms with Crippen LogP contribution in [0.25, 0.3) is 0 Å². The van der Waals surface area contributed by atoms with Crippen molar-refractivity contribution >= 4 is 11.6 Å². The summed E-state index contributed by atoms with van der Waals surface area (Å²) in [4.78, 5) is 11.7. The average molecular weight is 274 g/mol. The van der Waals surface area contributed by atoms with Gasteiger partial charge in [-0.15, -0.1) is 0 Å². The van der Waals surface area contributed by atoms with Gasteiger partial charge in [-0.25, -0.2) is 4.39 Å². The smallest absolute Gasteiger partial charge is 0.251 e. The summed E-state index contributed by atoms with van der Waals surface area (Å²) in [6.07, 6.45) is 0. The molecule has 0 aromatic heterocycles. The normalized spacial score (nSPS) is 10.1. The Bertz CT molecular complexity index is 612. The van der Waals surface area contributed by atoms with Crippen molar-refractivity contribution in [2.45, 2.75) is 6.92 Å². The third kappa shape index (κ3) is 3.26. The van der Waals surface area contributed by atoms with Crippen LogP contribution in [0.1, 0.15) is 17.3 Å². The van der Waals surface area contributed by atoms with Crippen molar-refractivity contribution in [3.63, 3.8) is 0 Å². The zero-order valence-corrected chi connectivity index (χ0v) is 11.0. The fourth-order valence-corrected chi connectivity index (χ4v) is 1.66. The van der Waals surface area contributed by atoms with Gasteiger partial charge in [0.15, 0.2) is 5.75 Å². The van der Waals surface area contributed by atoms with Gasteiger partial charge in [-0.3, -0.25) is 4.79 Å². The highest BCUT2D eigenvalue weighted by atomic mass is 19.1. The zero-order valence-electron chi connectivity index (χ0n) is 11.0.